The molecule has 4 rings (SSSR count). The summed E-state index contributed by atoms with van der Waals surface area (Å²) in [4.78, 5) is 28.6. The topological polar surface area (TPSA) is 79.7 Å². The van der Waals surface area contributed by atoms with E-state index in [1.54, 1.807) is 18.1 Å². The Bertz CT molecular complexity index is 925. The third-order valence-corrected chi connectivity index (χ3v) is 5.90. The normalized spacial score (nSPS) is 19.7. The van der Waals surface area contributed by atoms with E-state index in [4.69, 9.17) is 4.74 Å². The number of methoxy groups -OCH3 is 1. The van der Waals surface area contributed by atoms with Gasteiger partial charge < -0.3 is 15.0 Å². The summed E-state index contributed by atoms with van der Waals surface area (Å²) in [6, 6.07) is 5.60. The zero-order valence-electron chi connectivity index (χ0n) is 17.6. The van der Waals surface area contributed by atoms with Crippen LogP contribution in [0.3, 0.4) is 0 Å². The van der Waals surface area contributed by atoms with E-state index in [0.717, 1.165) is 43.8 Å². The molecule has 1 unspecified atom stereocenters. The molecule has 0 bridgehead atoms. The largest absolute Gasteiger partial charge is 0.496 e. The second-order valence-corrected chi connectivity index (χ2v) is 8.22. The molecule has 2 saturated heterocycles. The number of aryl methyl sites for hydroxylation is 1. The van der Waals surface area contributed by atoms with E-state index in [1.165, 1.54) is 5.56 Å². The second-order valence-electron chi connectivity index (χ2n) is 8.22. The lowest BCUT2D eigenvalue weighted by Crippen LogP contribution is -2.49. The lowest BCUT2D eigenvalue weighted by atomic mass is 9.96. The number of benzene rings is 1. The molecule has 2 aromatic rings. The Balaban J connectivity index is 1.42. The number of hydrogen-bond acceptors (Lipinski definition) is 5. The standard InChI is InChI=1S/C22H29N5O3/c1-25-12-17(11-24-25)14-26-7-5-16(13-26)9-19-10-18(3-4-20(19)30-2)22(29)27-8-6-23-21(28)15-27/h3-4,10-12,16H,5-9,13-15H2,1-2H3,(H,23,28). The van der Waals surface area contributed by atoms with Gasteiger partial charge in [0.15, 0.2) is 0 Å². The van der Waals surface area contributed by atoms with Gasteiger partial charge in [0.25, 0.3) is 5.91 Å². The first-order valence-corrected chi connectivity index (χ1v) is 10.4. The third-order valence-electron chi connectivity index (χ3n) is 5.90. The highest BCUT2D eigenvalue weighted by Crippen LogP contribution is 2.28. The third kappa shape index (κ3) is 4.64. The first-order chi connectivity index (χ1) is 14.5. The van der Waals surface area contributed by atoms with Crippen LogP contribution in [0.2, 0.25) is 0 Å². The molecule has 160 valence electrons. The number of likely N-dealkylation sites (tertiary alicyclic amines) is 1. The van der Waals surface area contributed by atoms with Crippen molar-refractivity contribution in [3.63, 3.8) is 0 Å². The Labute approximate surface area is 176 Å². The predicted octanol–water partition coefficient (Wildman–Crippen LogP) is 1.07. The quantitative estimate of drug-likeness (QED) is 0.769. The molecule has 0 aliphatic carbocycles. The number of piperazine rings is 1. The lowest BCUT2D eigenvalue weighted by Gasteiger charge is -2.27. The average Bonchev–Trinajstić information content (AvgIpc) is 3.36. The maximum absolute atomic E-state index is 12.9. The number of amides is 2. The van der Waals surface area contributed by atoms with Gasteiger partial charge in [0, 0.05) is 50.6 Å². The summed E-state index contributed by atoms with van der Waals surface area (Å²) in [5.41, 5.74) is 2.90. The number of carbonyl (C=O) groups is 2. The predicted molar refractivity (Wildman–Crippen MR) is 112 cm³/mol. The smallest absolute Gasteiger partial charge is 0.254 e. The molecule has 0 spiro atoms. The lowest BCUT2D eigenvalue weighted by molar-refractivity contribution is -0.123. The van der Waals surface area contributed by atoms with E-state index in [1.807, 2.05) is 30.1 Å². The van der Waals surface area contributed by atoms with Gasteiger partial charge >= 0.3 is 0 Å². The molecule has 0 radical (unpaired) electrons. The van der Waals surface area contributed by atoms with Gasteiger partial charge in [-0.05, 0) is 49.1 Å². The molecule has 2 fully saturated rings. The van der Waals surface area contributed by atoms with Crippen molar-refractivity contribution in [2.24, 2.45) is 13.0 Å². The van der Waals surface area contributed by atoms with E-state index >= 15 is 0 Å². The average molecular weight is 412 g/mol. The fourth-order valence-corrected chi connectivity index (χ4v) is 4.41. The number of nitrogens with one attached hydrogen (secondary N) is 1. The molecular weight excluding hydrogens is 382 g/mol. The molecule has 2 amide bonds. The summed E-state index contributed by atoms with van der Waals surface area (Å²) in [5, 5.41) is 7.01. The maximum atomic E-state index is 12.9. The molecule has 8 nitrogen and oxygen atoms in total. The van der Waals surface area contributed by atoms with Gasteiger partial charge in [0.1, 0.15) is 5.75 Å². The number of ether oxygens (including phenoxy) is 1. The molecule has 0 saturated carbocycles. The zero-order valence-corrected chi connectivity index (χ0v) is 17.6. The molecule has 1 aromatic carbocycles. The van der Waals surface area contributed by atoms with Crippen LogP contribution in [0, 0.1) is 5.92 Å². The fourth-order valence-electron chi connectivity index (χ4n) is 4.41. The van der Waals surface area contributed by atoms with Crippen LogP contribution in [0.25, 0.3) is 0 Å². The summed E-state index contributed by atoms with van der Waals surface area (Å²) in [5.74, 6) is 1.12. The molecule has 1 aromatic heterocycles. The molecule has 8 heteroatoms. The molecule has 2 aliphatic rings. The van der Waals surface area contributed by atoms with Crippen LogP contribution >= 0.6 is 0 Å². The van der Waals surface area contributed by atoms with E-state index in [0.29, 0.717) is 24.6 Å². The van der Waals surface area contributed by atoms with Crippen molar-refractivity contribution in [3.05, 3.63) is 47.3 Å². The molecule has 2 aliphatic heterocycles. The zero-order chi connectivity index (χ0) is 21.1. The van der Waals surface area contributed by atoms with Crippen molar-refractivity contribution in [3.8, 4) is 5.75 Å². The Morgan fingerprint density at radius 1 is 1.33 bits per heavy atom. The first-order valence-electron chi connectivity index (χ1n) is 10.4. The van der Waals surface area contributed by atoms with Crippen molar-refractivity contribution in [2.75, 3.05) is 39.8 Å². The maximum Gasteiger partial charge on any atom is 0.254 e. The summed E-state index contributed by atoms with van der Waals surface area (Å²) in [6.45, 7) is 4.15. The van der Waals surface area contributed by atoms with Gasteiger partial charge in [-0.15, -0.1) is 0 Å². The number of rotatable bonds is 6. The van der Waals surface area contributed by atoms with Gasteiger partial charge in [0.05, 0.1) is 19.9 Å². The minimum absolute atomic E-state index is 0.0987. The van der Waals surface area contributed by atoms with Crippen LogP contribution in [0.5, 0.6) is 5.75 Å². The summed E-state index contributed by atoms with van der Waals surface area (Å²) in [6.07, 6.45) is 5.97. The summed E-state index contributed by atoms with van der Waals surface area (Å²) < 4.78 is 7.40. The van der Waals surface area contributed by atoms with E-state index < -0.39 is 0 Å². The highest BCUT2D eigenvalue weighted by atomic mass is 16.5. The monoisotopic (exact) mass is 411 g/mol. The van der Waals surface area contributed by atoms with Gasteiger partial charge in [-0.1, -0.05) is 0 Å². The van der Waals surface area contributed by atoms with Crippen molar-refractivity contribution in [2.45, 2.75) is 19.4 Å². The SMILES string of the molecule is COc1ccc(C(=O)N2CCNC(=O)C2)cc1CC1CCN(Cc2cnn(C)c2)C1. The van der Waals surface area contributed by atoms with Crippen molar-refractivity contribution in [1.29, 1.82) is 0 Å². The molecular formula is C22H29N5O3. The van der Waals surface area contributed by atoms with Crippen molar-refractivity contribution >= 4 is 11.8 Å². The molecule has 1 atom stereocenters. The van der Waals surface area contributed by atoms with E-state index in [-0.39, 0.29) is 18.4 Å². The summed E-state index contributed by atoms with van der Waals surface area (Å²) >= 11 is 0. The van der Waals surface area contributed by atoms with Crippen molar-refractivity contribution < 1.29 is 14.3 Å². The number of aromatic nitrogens is 2. The van der Waals surface area contributed by atoms with Gasteiger partial charge in [-0.2, -0.15) is 5.10 Å². The minimum atomic E-state index is -0.108. The fraction of sp³-hybridized carbons (Fsp3) is 0.500. The van der Waals surface area contributed by atoms with Crippen LogP contribution in [-0.2, 0) is 24.8 Å². The Kier molecular flexibility index (Phi) is 6.03. The second kappa shape index (κ2) is 8.87. The Morgan fingerprint density at radius 2 is 2.20 bits per heavy atom. The highest BCUT2D eigenvalue weighted by molar-refractivity contribution is 5.97. The summed E-state index contributed by atoms with van der Waals surface area (Å²) in [7, 11) is 3.60. The number of hydrogen-bond donors (Lipinski definition) is 1. The van der Waals surface area contributed by atoms with Crippen LogP contribution in [0.15, 0.2) is 30.6 Å². The van der Waals surface area contributed by atoms with Crippen LogP contribution < -0.4 is 10.1 Å². The van der Waals surface area contributed by atoms with Crippen LogP contribution in [-0.4, -0.2) is 71.2 Å². The van der Waals surface area contributed by atoms with Gasteiger partial charge in [-0.3, -0.25) is 19.2 Å². The van der Waals surface area contributed by atoms with Crippen molar-refractivity contribution in [1.82, 2.24) is 24.9 Å². The van der Waals surface area contributed by atoms with Crippen LogP contribution in [0.1, 0.15) is 27.9 Å². The minimum Gasteiger partial charge on any atom is -0.496 e. The van der Waals surface area contributed by atoms with E-state index in [2.05, 4.69) is 21.5 Å². The molecule has 3 heterocycles. The molecule has 1 N–H and O–H groups in total. The van der Waals surface area contributed by atoms with Gasteiger partial charge in [0.2, 0.25) is 5.91 Å². The number of carbonyl (C=O) groups excluding carboxylic acids is 2. The van der Waals surface area contributed by atoms with Crippen LogP contribution in [0.4, 0.5) is 0 Å². The number of nitrogens with zero attached hydrogens (tertiary/aromatic N) is 4. The Hall–Kier alpha value is -2.87. The highest BCUT2D eigenvalue weighted by Gasteiger charge is 2.26. The molecule has 30 heavy (non-hydrogen) atoms. The first kappa shape index (κ1) is 20.4. The van der Waals surface area contributed by atoms with Gasteiger partial charge in [-0.25, -0.2) is 0 Å². The van der Waals surface area contributed by atoms with E-state index in [9.17, 15) is 9.59 Å². The Morgan fingerprint density at radius 3 is 2.93 bits per heavy atom.